The van der Waals surface area contributed by atoms with E-state index in [9.17, 15) is 0 Å². The molecule has 1 heterocycles. The maximum Gasteiger partial charge on any atom is 0.213 e. The predicted molar refractivity (Wildman–Crippen MR) is 92.6 cm³/mol. The monoisotopic (exact) mass is 314 g/mol. The largest absolute Gasteiger partial charge is 0.477 e. The lowest BCUT2D eigenvalue weighted by Crippen LogP contribution is -2.42. The smallest absolute Gasteiger partial charge is 0.213 e. The predicted octanol–water partition coefficient (Wildman–Crippen LogP) is 2.64. The van der Waals surface area contributed by atoms with E-state index in [1.165, 1.54) is 12.8 Å². The van der Waals surface area contributed by atoms with Gasteiger partial charge in [0.2, 0.25) is 5.88 Å². The molecule has 5 nitrogen and oxygen atoms in total. The Morgan fingerprint density at radius 2 is 2.13 bits per heavy atom. The first-order chi connectivity index (χ1) is 11.3. The molecule has 1 saturated carbocycles. The minimum atomic E-state index is 0.462. The second-order valence-corrected chi connectivity index (χ2v) is 6.24. The van der Waals surface area contributed by atoms with Crippen molar-refractivity contribution in [1.82, 2.24) is 15.6 Å². The first-order valence-corrected chi connectivity index (χ1v) is 8.61. The van der Waals surface area contributed by atoms with Crippen LogP contribution in [0.25, 0.3) is 0 Å². The zero-order chi connectivity index (χ0) is 15.9. The Kier molecular flexibility index (Phi) is 5.51. The molecule has 1 fully saturated rings. The highest BCUT2D eigenvalue weighted by Crippen LogP contribution is 2.29. The summed E-state index contributed by atoms with van der Waals surface area (Å²) in [7, 11) is 0. The van der Waals surface area contributed by atoms with E-state index in [-0.39, 0.29) is 0 Å². The van der Waals surface area contributed by atoms with Crippen LogP contribution in [0.5, 0.6) is 5.88 Å². The fourth-order valence-corrected chi connectivity index (χ4v) is 2.50. The quantitative estimate of drug-likeness (QED) is 0.461. The topological polar surface area (TPSA) is 58.5 Å². The first-order valence-electron chi connectivity index (χ1n) is 8.61. The number of hydrogen-bond acceptors (Lipinski definition) is 3. The summed E-state index contributed by atoms with van der Waals surface area (Å²) < 4.78 is 5.66. The van der Waals surface area contributed by atoms with Crippen molar-refractivity contribution < 1.29 is 4.74 Å². The molecule has 0 unspecified atom stereocenters. The van der Waals surface area contributed by atoms with Gasteiger partial charge in [-0.15, -0.1) is 0 Å². The van der Waals surface area contributed by atoms with Gasteiger partial charge in [-0.2, -0.15) is 0 Å². The molecule has 0 amide bonds. The molecule has 0 aliphatic heterocycles. The van der Waals surface area contributed by atoms with Crippen LogP contribution in [0.3, 0.4) is 0 Å². The number of ether oxygens (including phenoxy) is 1. The molecule has 2 aliphatic carbocycles. The van der Waals surface area contributed by atoms with Gasteiger partial charge in [0.15, 0.2) is 5.96 Å². The van der Waals surface area contributed by atoms with Crippen molar-refractivity contribution in [2.45, 2.75) is 45.2 Å². The summed E-state index contributed by atoms with van der Waals surface area (Å²) in [5, 5.41) is 6.77. The number of aromatic nitrogens is 1. The third-order valence-electron chi connectivity index (χ3n) is 4.07. The molecule has 0 aromatic carbocycles. The van der Waals surface area contributed by atoms with E-state index in [4.69, 9.17) is 4.74 Å². The Hall–Kier alpha value is -2.04. The van der Waals surface area contributed by atoms with Gasteiger partial charge in [0.1, 0.15) is 0 Å². The highest BCUT2D eigenvalue weighted by Gasteiger charge is 2.22. The Balaban J connectivity index is 1.50. The standard InChI is InChI=1S/C18H26N4O/c1-2-19-18(22-16-5-3-4-6-16)21-12-15-9-10-17(20-11-15)23-13-14-7-8-14/h3-4,9-11,14,16H,2,5-8,12-13H2,1H3,(H2,19,21,22). The van der Waals surface area contributed by atoms with Crippen LogP contribution in [0.1, 0.15) is 38.2 Å². The molecule has 2 aliphatic rings. The van der Waals surface area contributed by atoms with Crippen LogP contribution in [0, 0.1) is 5.92 Å². The van der Waals surface area contributed by atoms with Gasteiger partial charge in [0.05, 0.1) is 13.2 Å². The van der Waals surface area contributed by atoms with E-state index >= 15 is 0 Å². The van der Waals surface area contributed by atoms with Crippen LogP contribution in [0.2, 0.25) is 0 Å². The second kappa shape index (κ2) is 7.99. The normalized spacial score (nSPS) is 18.2. The second-order valence-electron chi connectivity index (χ2n) is 6.24. The lowest BCUT2D eigenvalue weighted by Gasteiger charge is -2.16. The maximum atomic E-state index is 5.66. The number of rotatable bonds is 7. The van der Waals surface area contributed by atoms with Crippen LogP contribution in [-0.4, -0.2) is 30.1 Å². The number of hydrogen-bond donors (Lipinski definition) is 2. The van der Waals surface area contributed by atoms with Crippen LogP contribution >= 0.6 is 0 Å². The zero-order valence-electron chi connectivity index (χ0n) is 13.8. The summed E-state index contributed by atoms with van der Waals surface area (Å²) in [4.78, 5) is 9.01. The molecule has 3 rings (SSSR count). The van der Waals surface area contributed by atoms with Gasteiger partial charge < -0.3 is 15.4 Å². The molecule has 0 bridgehead atoms. The summed E-state index contributed by atoms with van der Waals surface area (Å²) >= 11 is 0. The molecule has 0 saturated heterocycles. The lowest BCUT2D eigenvalue weighted by atomic mass is 10.2. The lowest BCUT2D eigenvalue weighted by molar-refractivity contribution is 0.288. The summed E-state index contributed by atoms with van der Waals surface area (Å²) in [6, 6.07) is 4.44. The van der Waals surface area contributed by atoms with Crippen molar-refractivity contribution in [2.24, 2.45) is 10.9 Å². The molecule has 5 heteroatoms. The third-order valence-corrected chi connectivity index (χ3v) is 4.07. The Bertz CT molecular complexity index is 541. The number of guanidine groups is 1. The van der Waals surface area contributed by atoms with Gasteiger partial charge in [-0.1, -0.05) is 18.2 Å². The Morgan fingerprint density at radius 3 is 2.78 bits per heavy atom. The van der Waals surface area contributed by atoms with Crippen LogP contribution < -0.4 is 15.4 Å². The molecule has 0 spiro atoms. The Morgan fingerprint density at radius 1 is 1.30 bits per heavy atom. The average Bonchev–Trinajstić information content (AvgIpc) is 3.27. The minimum absolute atomic E-state index is 0.462. The maximum absolute atomic E-state index is 5.66. The molecule has 23 heavy (non-hydrogen) atoms. The SMILES string of the molecule is CCNC(=NCc1ccc(OCC2CC2)nc1)NC1CC=CC1. The fraction of sp³-hybridized carbons (Fsp3) is 0.556. The van der Waals surface area contributed by atoms with Gasteiger partial charge in [-0.25, -0.2) is 9.98 Å². The minimum Gasteiger partial charge on any atom is -0.477 e. The molecule has 2 N–H and O–H groups in total. The number of nitrogens with one attached hydrogen (secondary N) is 2. The highest BCUT2D eigenvalue weighted by molar-refractivity contribution is 5.80. The van der Waals surface area contributed by atoms with Crippen LogP contribution in [0.15, 0.2) is 35.5 Å². The molecule has 0 atom stereocenters. The third kappa shape index (κ3) is 5.27. The van der Waals surface area contributed by atoms with Crippen molar-refractivity contribution in [3.63, 3.8) is 0 Å². The Labute approximate surface area is 138 Å². The van der Waals surface area contributed by atoms with Crippen LogP contribution in [0.4, 0.5) is 0 Å². The van der Waals surface area contributed by atoms with E-state index in [0.29, 0.717) is 18.5 Å². The average molecular weight is 314 g/mol. The van der Waals surface area contributed by atoms with Gasteiger partial charge >= 0.3 is 0 Å². The molecular formula is C18H26N4O. The summed E-state index contributed by atoms with van der Waals surface area (Å²) in [5.74, 6) is 2.34. The van der Waals surface area contributed by atoms with Crippen molar-refractivity contribution >= 4 is 5.96 Å². The van der Waals surface area contributed by atoms with Gasteiger partial charge in [0, 0.05) is 24.8 Å². The van der Waals surface area contributed by atoms with Crippen molar-refractivity contribution in [3.05, 3.63) is 36.0 Å². The van der Waals surface area contributed by atoms with E-state index < -0.39 is 0 Å². The molecular weight excluding hydrogens is 288 g/mol. The summed E-state index contributed by atoms with van der Waals surface area (Å²) in [5.41, 5.74) is 1.09. The highest BCUT2D eigenvalue weighted by atomic mass is 16.5. The van der Waals surface area contributed by atoms with Crippen molar-refractivity contribution in [1.29, 1.82) is 0 Å². The van der Waals surface area contributed by atoms with Crippen LogP contribution in [-0.2, 0) is 6.54 Å². The molecule has 1 aromatic heterocycles. The molecule has 0 radical (unpaired) electrons. The first kappa shape index (κ1) is 15.8. The van der Waals surface area contributed by atoms with Gasteiger partial charge in [-0.3, -0.25) is 0 Å². The van der Waals surface area contributed by atoms with Gasteiger partial charge in [0.25, 0.3) is 0 Å². The molecule has 124 valence electrons. The number of nitrogens with zero attached hydrogens (tertiary/aromatic N) is 2. The summed E-state index contributed by atoms with van der Waals surface area (Å²) in [6.07, 6.45) is 11.0. The summed E-state index contributed by atoms with van der Waals surface area (Å²) in [6.45, 7) is 4.36. The molecule has 1 aromatic rings. The van der Waals surface area contributed by atoms with E-state index in [1.807, 2.05) is 18.3 Å². The van der Waals surface area contributed by atoms with Gasteiger partial charge in [-0.05, 0) is 44.1 Å². The number of aliphatic imine (C=N–C) groups is 1. The van der Waals surface area contributed by atoms with Crippen molar-refractivity contribution in [3.8, 4) is 5.88 Å². The van der Waals surface area contributed by atoms with E-state index in [2.05, 4.69) is 39.7 Å². The van der Waals surface area contributed by atoms with E-state index in [1.54, 1.807) is 0 Å². The number of pyridine rings is 1. The van der Waals surface area contributed by atoms with E-state index in [0.717, 1.165) is 43.4 Å². The zero-order valence-corrected chi connectivity index (χ0v) is 13.8. The van der Waals surface area contributed by atoms with Crippen molar-refractivity contribution in [2.75, 3.05) is 13.2 Å². The fourth-order valence-electron chi connectivity index (χ4n) is 2.50.